The Balaban J connectivity index is 0.890. The van der Waals surface area contributed by atoms with Crippen LogP contribution in [0.5, 0.6) is 5.75 Å². The van der Waals surface area contributed by atoms with E-state index >= 15 is 0 Å². The van der Waals surface area contributed by atoms with Crippen molar-refractivity contribution >= 4 is 46.6 Å². The Labute approximate surface area is 320 Å². The Kier molecular flexibility index (Phi) is 9.37. The monoisotopic (exact) mass is 755 g/mol. The topological polar surface area (TPSA) is 156 Å². The van der Waals surface area contributed by atoms with Gasteiger partial charge in [0.2, 0.25) is 18.0 Å². The standard InChI is InChI=1S/C41H35ClN8O5/c1-48-36-13-11-30(42)17-32(36)38(51)46-34(40(48)53)16-25-5-9-27(10-6-25)29-21-45-50(22-29)23-55-31-12-14-37-33(18-31)39(52)47-35(41(54)49(37)2)15-24-3-7-26(8-4-24)28-19-43-44-20-28/h3-14,17-22,34-35H,15-16,23H2,1-2H3,(H3,43,44,46,47,51,52)/p+1. The number of aromatic amines is 2. The molecule has 6 aromatic rings. The first-order chi connectivity index (χ1) is 26.6. The number of hydrogen-bond donors (Lipinski definition) is 4. The Morgan fingerprint density at radius 1 is 0.691 bits per heavy atom. The molecule has 0 aliphatic carbocycles. The summed E-state index contributed by atoms with van der Waals surface area (Å²) in [7, 11) is 3.32. The average molecular weight is 756 g/mol. The third-order valence-electron chi connectivity index (χ3n) is 10.0. The lowest BCUT2D eigenvalue weighted by Crippen LogP contribution is -2.45. The SMILES string of the molecule is CN1C(=O)C(Cc2ccc(-c3c[nH][n+](COc4ccc5c(c4)C(=O)NC(Cc4ccc(-c6cn[nH]c6)cc4)C(=O)N5C)c3)cc2)NC(=O)c2cc(Cl)ccc21. The van der Waals surface area contributed by atoms with Gasteiger partial charge in [-0.3, -0.25) is 24.3 Å². The number of fused-ring (bicyclic) bond motifs is 2. The van der Waals surface area contributed by atoms with Crippen molar-refractivity contribution in [3.8, 4) is 28.0 Å². The van der Waals surface area contributed by atoms with Crippen molar-refractivity contribution in [3.05, 3.63) is 137 Å². The van der Waals surface area contributed by atoms with E-state index < -0.39 is 12.1 Å². The predicted molar refractivity (Wildman–Crippen MR) is 206 cm³/mol. The van der Waals surface area contributed by atoms with Crippen LogP contribution in [0.3, 0.4) is 0 Å². The van der Waals surface area contributed by atoms with Crippen LogP contribution in [0.25, 0.3) is 22.3 Å². The summed E-state index contributed by atoms with van der Waals surface area (Å²) >= 11 is 6.12. The van der Waals surface area contributed by atoms with Gasteiger partial charge in [-0.1, -0.05) is 64.8 Å². The number of carbonyl (C=O) groups excluding carboxylic acids is 4. The molecule has 0 bridgehead atoms. The zero-order valence-electron chi connectivity index (χ0n) is 29.9. The van der Waals surface area contributed by atoms with Gasteiger partial charge in [0.25, 0.3) is 11.8 Å². The summed E-state index contributed by atoms with van der Waals surface area (Å²) in [5.41, 5.74) is 7.32. The van der Waals surface area contributed by atoms with Crippen molar-refractivity contribution in [1.82, 2.24) is 25.9 Å². The maximum atomic E-state index is 13.5. The quantitative estimate of drug-likeness (QED) is 0.157. The molecule has 55 heavy (non-hydrogen) atoms. The normalized spacial score (nSPS) is 16.9. The maximum absolute atomic E-state index is 13.5. The zero-order chi connectivity index (χ0) is 38.2. The van der Waals surface area contributed by atoms with Crippen LogP contribution in [0, 0.1) is 0 Å². The average Bonchev–Trinajstić information content (AvgIpc) is 3.90. The van der Waals surface area contributed by atoms with Gasteiger partial charge in [-0.2, -0.15) is 10.2 Å². The van der Waals surface area contributed by atoms with Crippen molar-refractivity contribution in [1.29, 1.82) is 0 Å². The van der Waals surface area contributed by atoms with E-state index in [1.54, 1.807) is 61.4 Å². The number of hydrogen-bond acceptors (Lipinski definition) is 6. The van der Waals surface area contributed by atoms with E-state index in [4.69, 9.17) is 16.3 Å². The minimum atomic E-state index is -0.740. The highest BCUT2D eigenvalue weighted by atomic mass is 35.5. The molecular formula is C41H36ClN8O5+. The predicted octanol–water partition coefficient (Wildman–Crippen LogP) is 4.68. The number of H-pyrrole nitrogens is 2. The lowest BCUT2D eigenvalue weighted by Gasteiger charge is -2.21. The molecule has 2 aliphatic heterocycles. The second-order valence-corrected chi connectivity index (χ2v) is 14.0. The molecule has 4 heterocycles. The van der Waals surface area contributed by atoms with E-state index in [2.05, 4.69) is 25.9 Å². The smallest absolute Gasteiger partial charge is 0.314 e. The van der Waals surface area contributed by atoms with Crippen LogP contribution in [0.4, 0.5) is 11.4 Å². The molecule has 0 saturated heterocycles. The maximum Gasteiger partial charge on any atom is 0.314 e. The number of halogens is 1. The van der Waals surface area contributed by atoms with Gasteiger partial charge in [0.15, 0.2) is 0 Å². The van der Waals surface area contributed by atoms with E-state index in [1.807, 2.05) is 67.1 Å². The molecule has 4 aromatic carbocycles. The lowest BCUT2D eigenvalue weighted by atomic mass is 10.0. The number of aromatic nitrogens is 4. The van der Waals surface area contributed by atoms with Crippen LogP contribution >= 0.6 is 11.6 Å². The first kappa shape index (κ1) is 35.3. The largest absolute Gasteiger partial charge is 0.434 e. The van der Waals surface area contributed by atoms with Gasteiger partial charge in [0.05, 0.1) is 40.5 Å². The van der Waals surface area contributed by atoms with Crippen LogP contribution in [0.15, 0.2) is 110 Å². The molecule has 276 valence electrons. The molecule has 0 fully saturated rings. The summed E-state index contributed by atoms with van der Waals surface area (Å²) < 4.78 is 7.82. The number of nitrogens with zero attached hydrogens (tertiary/aromatic N) is 4. The first-order valence-electron chi connectivity index (χ1n) is 17.6. The zero-order valence-corrected chi connectivity index (χ0v) is 30.6. The number of amides is 4. The molecule has 2 aromatic heterocycles. The number of ether oxygens (including phenoxy) is 1. The Morgan fingerprint density at radius 2 is 1.25 bits per heavy atom. The molecule has 14 heteroatoms. The van der Waals surface area contributed by atoms with Crippen molar-refractivity contribution in [3.63, 3.8) is 0 Å². The minimum Gasteiger partial charge on any atom is -0.434 e. The van der Waals surface area contributed by atoms with E-state index in [9.17, 15) is 19.2 Å². The summed E-state index contributed by atoms with van der Waals surface area (Å²) in [5.74, 6) is -0.663. The van der Waals surface area contributed by atoms with Crippen LogP contribution in [-0.4, -0.2) is 65.1 Å². The van der Waals surface area contributed by atoms with Gasteiger partial charge in [-0.05, 0) is 58.7 Å². The fourth-order valence-corrected chi connectivity index (χ4v) is 7.13. The van der Waals surface area contributed by atoms with E-state index in [-0.39, 0.29) is 30.4 Å². The third-order valence-corrected chi connectivity index (χ3v) is 10.2. The second-order valence-electron chi connectivity index (χ2n) is 13.6. The number of benzene rings is 4. The van der Waals surface area contributed by atoms with Crippen LogP contribution in [0.1, 0.15) is 31.8 Å². The summed E-state index contributed by atoms with van der Waals surface area (Å²) in [6.45, 7) is 0.134. The second kappa shape index (κ2) is 14.6. The molecular weight excluding hydrogens is 720 g/mol. The van der Waals surface area contributed by atoms with Gasteiger partial charge in [0.1, 0.15) is 17.8 Å². The fraction of sp³-hybridized carbons (Fsp3) is 0.171. The number of anilines is 2. The molecule has 2 aliphatic rings. The Bertz CT molecular complexity index is 2430. The van der Waals surface area contributed by atoms with Gasteiger partial charge in [0, 0.05) is 43.7 Å². The fourth-order valence-electron chi connectivity index (χ4n) is 6.96. The number of nitrogens with one attached hydrogen (secondary N) is 4. The van der Waals surface area contributed by atoms with Gasteiger partial charge < -0.3 is 25.2 Å². The molecule has 0 saturated carbocycles. The van der Waals surface area contributed by atoms with Crippen molar-refractivity contribution in [2.24, 2.45) is 0 Å². The molecule has 0 spiro atoms. The van der Waals surface area contributed by atoms with Crippen molar-refractivity contribution in [2.45, 2.75) is 31.7 Å². The number of rotatable bonds is 9. The van der Waals surface area contributed by atoms with E-state index in [0.717, 1.165) is 33.4 Å². The Hall–Kier alpha value is -6.73. The van der Waals surface area contributed by atoms with E-state index in [0.29, 0.717) is 46.1 Å². The van der Waals surface area contributed by atoms with Crippen LogP contribution in [0.2, 0.25) is 5.02 Å². The van der Waals surface area contributed by atoms with Crippen LogP contribution < -0.4 is 29.9 Å². The number of likely N-dealkylation sites (N-methyl/N-ethyl adjacent to an activating group) is 2. The van der Waals surface area contributed by atoms with Gasteiger partial charge in [-0.25, -0.2) is 0 Å². The van der Waals surface area contributed by atoms with Gasteiger partial charge in [-0.15, -0.1) is 0 Å². The molecule has 0 radical (unpaired) electrons. The summed E-state index contributed by atoms with van der Waals surface area (Å²) in [6.07, 6.45) is 7.97. The van der Waals surface area contributed by atoms with Crippen LogP contribution in [-0.2, 0) is 29.2 Å². The minimum absolute atomic E-state index is 0.134. The molecule has 4 N–H and O–H groups in total. The Morgan fingerprint density at radius 3 is 1.84 bits per heavy atom. The van der Waals surface area contributed by atoms with Crippen molar-refractivity contribution < 1.29 is 28.6 Å². The molecule has 4 amide bonds. The molecule has 2 unspecified atom stereocenters. The summed E-state index contributed by atoms with van der Waals surface area (Å²) in [6, 6.07) is 24.1. The summed E-state index contributed by atoms with van der Waals surface area (Å²) in [5, 5.41) is 16.2. The molecule has 13 nitrogen and oxygen atoms in total. The first-order valence-corrected chi connectivity index (χ1v) is 18.0. The lowest BCUT2D eigenvalue weighted by molar-refractivity contribution is -0.774. The highest BCUT2D eigenvalue weighted by molar-refractivity contribution is 6.31. The summed E-state index contributed by atoms with van der Waals surface area (Å²) in [4.78, 5) is 56.1. The van der Waals surface area contributed by atoms with Gasteiger partial charge >= 0.3 is 6.73 Å². The number of carbonyl (C=O) groups is 4. The van der Waals surface area contributed by atoms with Crippen molar-refractivity contribution in [2.75, 3.05) is 23.9 Å². The molecule has 2 atom stereocenters. The third kappa shape index (κ3) is 7.17. The highest BCUT2D eigenvalue weighted by Crippen LogP contribution is 2.30. The molecule has 8 rings (SSSR count). The highest BCUT2D eigenvalue weighted by Gasteiger charge is 2.33. The van der Waals surface area contributed by atoms with E-state index in [1.165, 1.54) is 9.80 Å².